The Bertz CT molecular complexity index is 572. The van der Waals surface area contributed by atoms with E-state index in [1.807, 2.05) is 6.08 Å². The van der Waals surface area contributed by atoms with Gasteiger partial charge in [0.1, 0.15) is 5.56 Å². The topological polar surface area (TPSA) is 84.3 Å². The predicted molar refractivity (Wildman–Crippen MR) is 76.0 cm³/mol. The van der Waals surface area contributed by atoms with Crippen molar-refractivity contribution >= 4 is 23.2 Å². The molecule has 2 N–H and O–H groups in total. The molecular weight excluding hydrogens is 282 g/mol. The van der Waals surface area contributed by atoms with E-state index in [-0.39, 0.29) is 16.3 Å². The monoisotopic (exact) mass is 295 g/mol. The second-order valence-electron chi connectivity index (χ2n) is 4.42. The van der Waals surface area contributed by atoms with Crippen molar-refractivity contribution in [1.29, 1.82) is 0 Å². The summed E-state index contributed by atoms with van der Waals surface area (Å²) in [7, 11) is 0. The van der Waals surface area contributed by atoms with Gasteiger partial charge in [-0.25, -0.2) is 0 Å². The van der Waals surface area contributed by atoms with Gasteiger partial charge in [-0.3, -0.25) is 14.9 Å². The van der Waals surface area contributed by atoms with Gasteiger partial charge in [-0.15, -0.1) is 0 Å². The molecule has 0 unspecified atom stereocenters. The summed E-state index contributed by atoms with van der Waals surface area (Å²) >= 11 is 5.71. The van der Waals surface area contributed by atoms with Gasteiger partial charge in [0.2, 0.25) is 0 Å². The summed E-state index contributed by atoms with van der Waals surface area (Å²) in [4.78, 5) is 22.3. The highest BCUT2D eigenvalue weighted by Crippen LogP contribution is 2.23. The summed E-state index contributed by atoms with van der Waals surface area (Å²) in [5.41, 5.74) is 0.858. The Labute approximate surface area is 121 Å². The van der Waals surface area contributed by atoms with Crippen molar-refractivity contribution in [3.63, 3.8) is 0 Å². The molecular formula is C13H14ClN3O3. The zero-order chi connectivity index (χ0) is 14.5. The summed E-state index contributed by atoms with van der Waals surface area (Å²) in [5, 5.41) is 17.0. The average molecular weight is 296 g/mol. The van der Waals surface area contributed by atoms with Crippen LogP contribution in [-0.4, -0.2) is 30.5 Å². The zero-order valence-electron chi connectivity index (χ0n) is 10.7. The Morgan fingerprint density at radius 3 is 2.95 bits per heavy atom. The number of hydrogen-bond donors (Lipinski definition) is 2. The molecule has 1 amide bonds. The zero-order valence-corrected chi connectivity index (χ0v) is 11.4. The number of nitro groups is 1. The summed E-state index contributed by atoms with van der Waals surface area (Å²) < 4.78 is 0. The summed E-state index contributed by atoms with van der Waals surface area (Å²) in [6.45, 7) is 2.06. The Kier molecular flexibility index (Phi) is 4.70. The van der Waals surface area contributed by atoms with E-state index in [1.165, 1.54) is 18.2 Å². The fourth-order valence-corrected chi connectivity index (χ4v) is 2.13. The van der Waals surface area contributed by atoms with E-state index >= 15 is 0 Å². The molecule has 20 heavy (non-hydrogen) atoms. The average Bonchev–Trinajstić information content (AvgIpc) is 2.45. The van der Waals surface area contributed by atoms with E-state index in [9.17, 15) is 14.9 Å². The van der Waals surface area contributed by atoms with Crippen LogP contribution in [0, 0.1) is 10.1 Å². The van der Waals surface area contributed by atoms with Crippen molar-refractivity contribution in [3.8, 4) is 0 Å². The van der Waals surface area contributed by atoms with Crippen molar-refractivity contribution in [2.24, 2.45) is 0 Å². The van der Waals surface area contributed by atoms with E-state index in [2.05, 4.69) is 10.6 Å². The number of amides is 1. The smallest absolute Gasteiger partial charge is 0.283 e. The number of halogens is 1. The summed E-state index contributed by atoms with van der Waals surface area (Å²) in [5.74, 6) is -0.465. The Hall–Kier alpha value is -1.92. The van der Waals surface area contributed by atoms with Crippen LogP contribution in [-0.2, 0) is 0 Å². The summed E-state index contributed by atoms with van der Waals surface area (Å²) in [6, 6.07) is 4.01. The number of nitrogens with one attached hydrogen (secondary N) is 2. The number of nitrogens with zero attached hydrogens (tertiary/aromatic N) is 1. The van der Waals surface area contributed by atoms with Crippen LogP contribution in [0.4, 0.5) is 5.69 Å². The van der Waals surface area contributed by atoms with E-state index in [0.29, 0.717) is 6.54 Å². The molecule has 0 atom stereocenters. The van der Waals surface area contributed by atoms with Crippen molar-refractivity contribution in [1.82, 2.24) is 10.6 Å². The molecule has 2 rings (SSSR count). The molecule has 106 valence electrons. The van der Waals surface area contributed by atoms with E-state index in [1.54, 1.807) is 0 Å². The largest absolute Gasteiger partial charge is 0.348 e. The molecule has 1 aromatic carbocycles. The van der Waals surface area contributed by atoms with Crippen molar-refractivity contribution in [2.45, 2.75) is 6.42 Å². The first-order chi connectivity index (χ1) is 9.58. The Morgan fingerprint density at radius 1 is 1.50 bits per heavy atom. The molecule has 1 aliphatic heterocycles. The molecule has 0 aliphatic carbocycles. The lowest BCUT2D eigenvalue weighted by atomic mass is 10.1. The molecule has 7 heteroatoms. The maximum Gasteiger partial charge on any atom is 0.283 e. The van der Waals surface area contributed by atoms with Crippen LogP contribution < -0.4 is 10.6 Å². The molecule has 1 heterocycles. The molecule has 0 bridgehead atoms. The third-order valence-corrected chi connectivity index (χ3v) is 3.27. The molecule has 0 saturated carbocycles. The molecule has 1 aromatic rings. The van der Waals surface area contributed by atoms with E-state index in [0.717, 1.165) is 25.1 Å². The third kappa shape index (κ3) is 3.55. The van der Waals surface area contributed by atoms with Crippen molar-refractivity contribution < 1.29 is 9.72 Å². The predicted octanol–water partition coefficient (Wildman–Crippen LogP) is 1.90. The minimum atomic E-state index is -0.607. The van der Waals surface area contributed by atoms with Gasteiger partial charge in [-0.2, -0.15) is 0 Å². The van der Waals surface area contributed by atoms with Crippen molar-refractivity contribution in [3.05, 3.63) is 50.5 Å². The minimum Gasteiger partial charge on any atom is -0.348 e. The van der Waals surface area contributed by atoms with E-state index in [4.69, 9.17) is 11.6 Å². The van der Waals surface area contributed by atoms with Crippen LogP contribution in [0.15, 0.2) is 29.8 Å². The lowest BCUT2D eigenvalue weighted by Gasteiger charge is -2.14. The van der Waals surface area contributed by atoms with Gasteiger partial charge in [0.05, 0.1) is 4.92 Å². The number of benzene rings is 1. The van der Waals surface area contributed by atoms with Gasteiger partial charge >= 0.3 is 0 Å². The van der Waals surface area contributed by atoms with Crippen LogP contribution >= 0.6 is 11.6 Å². The molecule has 0 fully saturated rings. The van der Waals surface area contributed by atoms with E-state index < -0.39 is 10.8 Å². The fraction of sp³-hybridized carbons (Fsp3) is 0.308. The van der Waals surface area contributed by atoms with Crippen LogP contribution in [0.3, 0.4) is 0 Å². The normalized spacial score (nSPS) is 14.6. The number of hydrogen-bond acceptors (Lipinski definition) is 4. The molecule has 0 aromatic heterocycles. The van der Waals surface area contributed by atoms with Crippen LogP contribution in [0.2, 0.25) is 5.02 Å². The second kappa shape index (κ2) is 6.49. The number of nitro benzene ring substituents is 1. The second-order valence-corrected chi connectivity index (χ2v) is 4.85. The maximum absolute atomic E-state index is 12.0. The van der Waals surface area contributed by atoms with Gasteiger partial charge in [-0.1, -0.05) is 23.3 Å². The SMILES string of the molecule is O=C(NCC1=CCNCC1)c1ccc(Cl)cc1[N+](=O)[O-]. The van der Waals surface area contributed by atoms with Gasteiger partial charge < -0.3 is 10.6 Å². The lowest BCUT2D eigenvalue weighted by Crippen LogP contribution is -2.30. The molecule has 6 nitrogen and oxygen atoms in total. The Balaban J connectivity index is 2.09. The molecule has 0 spiro atoms. The van der Waals surface area contributed by atoms with Gasteiger partial charge in [0.25, 0.3) is 11.6 Å². The molecule has 0 saturated heterocycles. The summed E-state index contributed by atoms with van der Waals surface area (Å²) in [6.07, 6.45) is 2.88. The Morgan fingerprint density at radius 2 is 2.30 bits per heavy atom. The highest BCUT2D eigenvalue weighted by molar-refractivity contribution is 6.31. The number of carbonyl (C=O) groups excluding carboxylic acids is 1. The van der Waals surface area contributed by atoms with Gasteiger partial charge in [-0.05, 0) is 25.1 Å². The fourth-order valence-electron chi connectivity index (χ4n) is 1.97. The minimum absolute atomic E-state index is 0.0222. The van der Waals surface area contributed by atoms with Gasteiger partial charge in [0.15, 0.2) is 0 Å². The maximum atomic E-state index is 12.0. The highest BCUT2D eigenvalue weighted by atomic mass is 35.5. The first-order valence-corrected chi connectivity index (χ1v) is 6.56. The molecule has 1 aliphatic rings. The third-order valence-electron chi connectivity index (χ3n) is 3.04. The van der Waals surface area contributed by atoms with Crippen molar-refractivity contribution in [2.75, 3.05) is 19.6 Å². The number of rotatable bonds is 4. The first-order valence-electron chi connectivity index (χ1n) is 6.18. The van der Waals surface area contributed by atoms with Crippen LogP contribution in [0.1, 0.15) is 16.8 Å². The quantitative estimate of drug-likeness (QED) is 0.505. The first kappa shape index (κ1) is 14.5. The van der Waals surface area contributed by atoms with Gasteiger partial charge in [0, 0.05) is 24.2 Å². The highest BCUT2D eigenvalue weighted by Gasteiger charge is 2.20. The van der Waals surface area contributed by atoms with Crippen LogP contribution in [0.25, 0.3) is 0 Å². The molecule has 0 radical (unpaired) electrons. The number of carbonyl (C=O) groups is 1. The lowest BCUT2D eigenvalue weighted by molar-refractivity contribution is -0.385. The van der Waals surface area contributed by atoms with Crippen LogP contribution in [0.5, 0.6) is 0 Å². The standard InChI is InChI=1S/C13H14ClN3O3/c14-10-1-2-11(12(7-10)17(19)20)13(18)16-8-9-3-5-15-6-4-9/h1-3,7,15H,4-6,8H2,(H,16,18).